The summed E-state index contributed by atoms with van der Waals surface area (Å²) in [5.41, 5.74) is -0.340. The van der Waals surface area contributed by atoms with Crippen molar-refractivity contribution in [2.45, 2.75) is 20.4 Å². The van der Waals surface area contributed by atoms with Gasteiger partial charge in [0.2, 0.25) is 0 Å². The molecule has 0 aliphatic carbocycles. The van der Waals surface area contributed by atoms with Crippen molar-refractivity contribution < 1.29 is 15.0 Å². The van der Waals surface area contributed by atoms with Gasteiger partial charge in [0, 0.05) is 24.2 Å². The summed E-state index contributed by atoms with van der Waals surface area (Å²) in [5, 5.41) is 23.2. The molecular weight excluding hydrogens is 334 g/mol. The number of aromatic nitrogens is 2. The zero-order chi connectivity index (χ0) is 18.8. The lowest BCUT2D eigenvalue weighted by Crippen LogP contribution is -2.31. The van der Waals surface area contributed by atoms with Crippen LogP contribution in [0.5, 0.6) is 11.5 Å². The molecule has 0 bridgehead atoms. The first-order chi connectivity index (χ1) is 12.4. The van der Waals surface area contributed by atoms with Crippen LogP contribution in [-0.4, -0.2) is 25.7 Å². The lowest BCUT2D eigenvalue weighted by molar-refractivity contribution is 0.102. The van der Waals surface area contributed by atoms with Gasteiger partial charge in [0.05, 0.1) is 11.7 Å². The average Bonchev–Trinajstić information content (AvgIpc) is 2.60. The van der Waals surface area contributed by atoms with Crippen molar-refractivity contribution in [2.75, 3.05) is 5.32 Å². The van der Waals surface area contributed by atoms with E-state index in [0.717, 1.165) is 0 Å². The molecule has 1 aromatic carbocycles. The van der Waals surface area contributed by atoms with Crippen LogP contribution in [0.25, 0.3) is 10.9 Å². The predicted octanol–water partition coefficient (Wildman–Crippen LogP) is 2.72. The Morgan fingerprint density at radius 1 is 1.23 bits per heavy atom. The number of benzene rings is 1. The van der Waals surface area contributed by atoms with E-state index in [-0.39, 0.29) is 28.7 Å². The summed E-state index contributed by atoms with van der Waals surface area (Å²) in [5.74, 6) is -1.21. The van der Waals surface area contributed by atoms with Crippen molar-refractivity contribution in [2.24, 2.45) is 5.92 Å². The van der Waals surface area contributed by atoms with Gasteiger partial charge < -0.3 is 20.1 Å². The Morgan fingerprint density at radius 2 is 1.96 bits per heavy atom. The van der Waals surface area contributed by atoms with E-state index in [9.17, 15) is 19.8 Å². The Balaban J connectivity index is 2.18. The summed E-state index contributed by atoms with van der Waals surface area (Å²) in [4.78, 5) is 29.4. The highest BCUT2D eigenvalue weighted by Crippen LogP contribution is 2.28. The minimum atomic E-state index is -0.806. The Hall–Kier alpha value is -3.35. The Kier molecular flexibility index (Phi) is 4.62. The summed E-state index contributed by atoms with van der Waals surface area (Å²) in [6.45, 7) is 4.32. The van der Waals surface area contributed by atoms with Crippen LogP contribution in [0.3, 0.4) is 0 Å². The van der Waals surface area contributed by atoms with Gasteiger partial charge in [-0.25, -0.2) is 0 Å². The normalized spacial score (nSPS) is 11.0. The molecule has 0 atom stereocenters. The first kappa shape index (κ1) is 17.5. The first-order valence-corrected chi connectivity index (χ1v) is 8.19. The SMILES string of the molecule is CC(C)Cn1c(=O)c(C(=O)Nc2cnccc2O)c(O)c2ccccc21. The molecular formula is C19H19N3O4. The summed E-state index contributed by atoms with van der Waals surface area (Å²) >= 11 is 0. The smallest absolute Gasteiger partial charge is 0.267 e. The standard InChI is InChI=1S/C19H19N3O4/c1-11(2)10-22-14-6-4-3-5-12(14)17(24)16(19(22)26)18(25)21-13-9-20-8-7-15(13)23/h3-9,11,24H,10H2,1-2H3,(H,20,23)(H,21,25). The molecule has 2 heterocycles. The molecule has 7 nitrogen and oxygen atoms in total. The number of amides is 1. The summed E-state index contributed by atoms with van der Waals surface area (Å²) < 4.78 is 1.48. The molecule has 3 aromatic rings. The molecule has 26 heavy (non-hydrogen) atoms. The van der Waals surface area contributed by atoms with E-state index in [2.05, 4.69) is 10.3 Å². The van der Waals surface area contributed by atoms with Crippen LogP contribution in [0.2, 0.25) is 0 Å². The monoisotopic (exact) mass is 353 g/mol. The van der Waals surface area contributed by atoms with E-state index >= 15 is 0 Å². The highest BCUT2D eigenvalue weighted by molar-refractivity contribution is 6.09. The fraction of sp³-hybridized carbons (Fsp3) is 0.211. The molecule has 0 unspecified atom stereocenters. The maximum Gasteiger partial charge on any atom is 0.267 e. The zero-order valence-electron chi connectivity index (χ0n) is 14.4. The number of carbonyl (C=O) groups excluding carboxylic acids is 1. The first-order valence-electron chi connectivity index (χ1n) is 8.19. The second-order valence-electron chi connectivity index (χ2n) is 6.40. The van der Waals surface area contributed by atoms with Crippen LogP contribution in [0, 0.1) is 5.92 Å². The van der Waals surface area contributed by atoms with Crippen molar-refractivity contribution >= 4 is 22.5 Å². The van der Waals surface area contributed by atoms with Crippen LogP contribution in [0.15, 0.2) is 47.5 Å². The van der Waals surface area contributed by atoms with Crippen molar-refractivity contribution in [3.8, 4) is 11.5 Å². The van der Waals surface area contributed by atoms with E-state index in [1.54, 1.807) is 24.3 Å². The number of pyridine rings is 2. The maximum atomic E-state index is 12.9. The average molecular weight is 353 g/mol. The predicted molar refractivity (Wildman–Crippen MR) is 98.6 cm³/mol. The molecule has 1 amide bonds. The van der Waals surface area contributed by atoms with Crippen LogP contribution in [0.1, 0.15) is 24.2 Å². The zero-order valence-corrected chi connectivity index (χ0v) is 14.4. The van der Waals surface area contributed by atoms with E-state index in [4.69, 9.17) is 0 Å². The van der Waals surface area contributed by atoms with Gasteiger partial charge in [-0.1, -0.05) is 26.0 Å². The van der Waals surface area contributed by atoms with Gasteiger partial charge >= 0.3 is 0 Å². The number of hydrogen-bond donors (Lipinski definition) is 3. The third kappa shape index (κ3) is 3.11. The minimum Gasteiger partial charge on any atom is -0.506 e. The third-order valence-corrected chi connectivity index (χ3v) is 3.97. The molecule has 0 radical (unpaired) electrons. The number of anilines is 1. The Labute approximate surface area is 149 Å². The van der Waals surface area contributed by atoms with Crippen molar-refractivity contribution in [1.82, 2.24) is 9.55 Å². The van der Waals surface area contributed by atoms with E-state index in [1.165, 1.54) is 23.0 Å². The van der Waals surface area contributed by atoms with Crippen molar-refractivity contribution in [3.63, 3.8) is 0 Å². The van der Waals surface area contributed by atoms with Gasteiger partial charge in [0.1, 0.15) is 22.7 Å². The molecule has 3 rings (SSSR count). The fourth-order valence-corrected chi connectivity index (χ4v) is 2.81. The summed E-state index contributed by atoms with van der Waals surface area (Å²) in [6, 6.07) is 8.19. The number of carbonyl (C=O) groups is 1. The number of nitrogens with zero attached hydrogens (tertiary/aromatic N) is 2. The lowest BCUT2D eigenvalue weighted by Gasteiger charge is -2.16. The molecule has 3 N–H and O–H groups in total. The summed E-state index contributed by atoms with van der Waals surface area (Å²) in [7, 11) is 0. The highest BCUT2D eigenvalue weighted by atomic mass is 16.3. The van der Waals surface area contributed by atoms with Gasteiger partial charge in [0.15, 0.2) is 0 Å². The molecule has 7 heteroatoms. The minimum absolute atomic E-state index is 0.0554. The number of nitrogens with one attached hydrogen (secondary N) is 1. The van der Waals surface area contributed by atoms with E-state index in [1.807, 2.05) is 13.8 Å². The highest BCUT2D eigenvalue weighted by Gasteiger charge is 2.23. The maximum absolute atomic E-state index is 12.9. The number of rotatable bonds is 4. The van der Waals surface area contributed by atoms with Gasteiger partial charge in [-0.15, -0.1) is 0 Å². The number of para-hydroxylation sites is 1. The van der Waals surface area contributed by atoms with E-state index in [0.29, 0.717) is 17.4 Å². The fourth-order valence-electron chi connectivity index (χ4n) is 2.81. The summed E-state index contributed by atoms with van der Waals surface area (Å²) in [6.07, 6.45) is 2.63. The second kappa shape index (κ2) is 6.87. The van der Waals surface area contributed by atoms with Crippen molar-refractivity contribution in [3.05, 3.63) is 58.6 Å². The Morgan fingerprint density at radius 3 is 2.65 bits per heavy atom. The molecule has 0 aliphatic heterocycles. The molecule has 2 aromatic heterocycles. The molecule has 0 saturated heterocycles. The van der Waals surface area contributed by atoms with Crippen LogP contribution in [-0.2, 0) is 6.54 Å². The van der Waals surface area contributed by atoms with Crippen LogP contribution < -0.4 is 10.9 Å². The number of hydrogen-bond acceptors (Lipinski definition) is 5. The Bertz CT molecular complexity index is 1040. The quantitative estimate of drug-likeness (QED) is 0.669. The topological polar surface area (TPSA) is 104 Å². The van der Waals surface area contributed by atoms with Crippen LogP contribution >= 0.6 is 0 Å². The molecule has 0 aliphatic rings. The molecule has 0 fully saturated rings. The largest absolute Gasteiger partial charge is 0.506 e. The molecule has 0 saturated carbocycles. The van der Waals surface area contributed by atoms with Crippen LogP contribution in [0.4, 0.5) is 5.69 Å². The number of fused-ring (bicyclic) bond motifs is 1. The van der Waals surface area contributed by atoms with Gasteiger partial charge in [-0.2, -0.15) is 0 Å². The molecule has 134 valence electrons. The van der Waals surface area contributed by atoms with Gasteiger partial charge in [-0.05, 0) is 18.1 Å². The number of aromatic hydroxyl groups is 2. The lowest BCUT2D eigenvalue weighted by atomic mass is 10.1. The van der Waals surface area contributed by atoms with Crippen molar-refractivity contribution in [1.29, 1.82) is 0 Å². The van der Waals surface area contributed by atoms with E-state index < -0.39 is 11.5 Å². The third-order valence-electron chi connectivity index (χ3n) is 3.97. The van der Waals surface area contributed by atoms with Gasteiger partial charge in [0.25, 0.3) is 11.5 Å². The molecule has 0 spiro atoms. The second-order valence-corrected chi connectivity index (χ2v) is 6.40. The van der Waals surface area contributed by atoms with Gasteiger partial charge in [-0.3, -0.25) is 14.6 Å².